The van der Waals surface area contributed by atoms with Crippen molar-refractivity contribution >= 4 is 70.9 Å². The molecule has 0 spiro atoms. The summed E-state index contributed by atoms with van der Waals surface area (Å²) in [5.74, 6) is 0. The highest BCUT2D eigenvalue weighted by molar-refractivity contribution is 9.10. The minimum absolute atomic E-state index is 0.130. The van der Waals surface area contributed by atoms with Crippen LogP contribution in [0.4, 0.5) is 17.1 Å². The minimum Gasteiger partial charge on any atom is -0.454 e. The van der Waals surface area contributed by atoms with Gasteiger partial charge in [0.05, 0.1) is 5.69 Å². The number of para-hydroxylation sites is 1. The van der Waals surface area contributed by atoms with E-state index in [2.05, 4.69) is 162 Å². The van der Waals surface area contributed by atoms with Crippen LogP contribution in [0.1, 0.15) is 45.2 Å². The molecule has 1 aliphatic rings. The van der Waals surface area contributed by atoms with Crippen LogP contribution in [0.25, 0.3) is 33.1 Å². The Balaban J connectivity index is 1.52. The maximum Gasteiger partial charge on any atom is 0.159 e. The first-order chi connectivity index (χ1) is 19.6. The molecule has 1 aromatic heterocycles. The van der Waals surface area contributed by atoms with Crippen LogP contribution in [0.3, 0.4) is 0 Å². The Morgan fingerprint density at radius 3 is 1.88 bits per heavy atom. The average molecular weight is 665 g/mol. The van der Waals surface area contributed by atoms with Gasteiger partial charge in [0.25, 0.3) is 0 Å². The van der Waals surface area contributed by atoms with E-state index < -0.39 is 0 Å². The second-order valence-corrected chi connectivity index (χ2v) is 14.3. The summed E-state index contributed by atoms with van der Waals surface area (Å²) in [6.07, 6.45) is 1.15. The molecule has 7 rings (SSSR count). The number of fused-ring (bicyclic) bond motifs is 4. The molecule has 204 valence electrons. The van der Waals surface area contributed by atoms with E-state index >= 15 is 0 Å². The molecule has 0 N–H and O–H groups in total. The van der Waals surface area contributed by atoms with Gasteiger partial charge in [-0.2, -0.15) is 0 Å². The van der Waals surface area contributed by atoms with E-state index in [9.17, 15) is 0 Å². The summed E-state index contributed by atoms with van der Waals surface area (Å²) in [4.78, 5) is 2.30. The van der Waals surface area contributed by atoms with E-state index in [1.54, 1.807) is 0 Å². The summed E-state index contributed by atoms with van der Waals surface area (Å²) in [6.45, 7) is 9.50. The summed E-state index contributed by atoms with van der Waals surface area (Å²) >= 11 is 7.24. The van der Waals surface area contributed by atoms with Crippen LogP contribution < -0.4 is 4.90 Å². The molecule has 6 aromatic rings. The molecule has 5 aromatic carbocycles. The number of halogens is 2. The molecule has 1 aliphatic carbocycles. The van der Waals surface area contributed by atoms with Gasteiger partial charge < -0.3 is 9.32 Å². The molecule has 0 radical (unpaired) electrons. The maximum absolute atomic E-state index is 6.62. The molecule has 0 amide bonds. The predicted octanol–water partition coefficient (Wildman–Crippen LogP) is 12.2. The highest BCUT2D eigenvalue weighted by Gasteiger charge is 2.41. The van der Waals surface area contributed by atoms with Gasteiger partial charge in [-0.05, 0) is 106 Å². The van der Waals surface area contributed by atoms with Crippen LogP contribution in [-0.2, 0) is 10.8 Å². The topological polar surface area (TPSA) is 16.4 Å². The third kappa shape index (κ3) is 4.52. The zero-order valence-corrected chi connectivity index (χ0v) is 26.8. The SMILES string of the molecule is CC1(C)CC(C)(C)c2cc(-c3cc(N(c4ccc(Br)cc4)c4ccc(Br)cc4)c4oc5ccccc5c4c3)ccc21. The van der Waals surface area contributed by atoms with Gasteiger partial charge in [-0.15, -0.1) is 0 Å². The second-order valence-electron chi connectivity index (χ2n) is 12.5. The van der Waals surface area contributed by atoms with Gasteiger partial charge in [-0.3, -0.25) is 0 Å². The molecule has 0 saturated heterocycles. The Bertz CT molecular complexity index is 1890. The number of furan rings is 1. The number of rotatable bonds is 4. The molecule has 0 fully saturated rings. The van der Waals surface area contributed by atoms with Crippen LogP contribution in [0.15, 0.2) is 116 Å². The van der Waals surface area contributed by atoms with Crippen LogP contribution in [0, 0.1) is 0 Å². The lowest BCUT2D eigenvalue weighted by Crippen LogP contribution is -2.17. The molecular formula is C37H31Br2NO. The smallest absolute Gasteiger partial charge is 0.159 e. The van der Waals surface area contributed by atoms with Crippen molar-refractivity contribution in [3.8, 4) is 11.1 Å². The fourth-order valence-corrected chi connectivity index (χ4v) is 7.45. The monoisotopic (exact) mass is 663 g/mol. The number of anilines is 3. The summed E-state index contributed by atoms with van der Waals surface area (Å²) in [5, 5.41) is 2.24. The van der Waals surface area contributed by atoms with Crippen molar-refractivity contribution in [1.29, 1.82) is 0 Å². The van der Waals surface area contributed by atoms with Crippen molar-refractivity contribution < 1.29 is 4.42 Å². The Kier molecular flexibility index (Phi) is 6.22. The molecule has 2 nitrogen and oxygen atoms in total. The zero-order valence-electron chi connectivity index (χ0n) is 23.6. The van der Waals surface area contributed by atoms with Crippen molar-refractivity contribution in [1.82, 2.24) is 0 Å². The van der Waals surface area contributed by atoms with E-state index in [0.717, 1.165) is 54.4 Å². The van der Waals surface area contributed by atoms with E-state index in [1.165, 1.54) is 22.3 Å². The fourth-order valence-electron chi connectivity index (χ4n) is 6.92. The van der Waals surface area contributed by atoms with Gasteiger partial charge in [0.15, 0.2) is 5.58 Å². The lowest BCUT2D eigenvalue weighted by Gasteiger charge is -2.26. The Hall–Kier alpha value is -3.34. The summed E-state index contributed by atoms with van der Waals surface area (Å²) in [5.41, 5.74) is 10.5. The Labute approximate surface area is 258 Å². The molecule has 0 unspecified atom stereocenters. The summed E-state index contributed by atoms with van der Waals surface area (Å²) < 4.78 is 8.71. The van der Waals surface area contributed by atoms with Crippen molar-refractivity contribution in [2.24, 2.45) is 0 Å². The second kappa shape index (κ2) is 9.61. The van der Waals surface area contributed by atoms with E-state index in [-0.39, 0.29) is 10.8 Å². The standard InChI is InChI=1S/C37H31Br2NO/c1-36(2)22-37(3,4)32-20-23(9-18-31(32)36)24-19-30-29-7-5-6-8-34(29)41-35(30)33(21-24)40(27-14-10-25(38)11-15-27)28-16-12-26(39)13-17-28/h5-21H,22H2,1-4H3. The highest BCUT2D eigenvalue weighted by Crippen LogP contribution is 2.51. The molecule has 0 bridgehead atoms. The molecule has 41 heavy (non-hydrogen) atoms. The van der Waals surface area contributed by atoms with E-state index in [1.807, 2.05) is 6.07 Å². The number of hydrogen-bond donors (Lipinski definition) is 0. The zero-order chi connectivity index (χ0) is 28.5. The highest BCUT2D eigenvalue weighted by atomic mass is 79.9. The van der Waals surface area contributed by atoms with Gasteiger partial charge in [0.2, 0.25) is 0 Å². The summed E-state index contributed by atoms with van der Waals surface area (Å²) in [7, 11) is 0. The number of nitrogens with zero attached hydrogens (tertiary/aromatic N) is 1. The molecule has 0 aliphatic heterocycles. The van der Waals surface area contributed by atoms with E-state index in [0.29, 0.717) is 0 Å². The quantitative estimate of drug-likeness (QED) is 0.186. The van der Waals surface area contributed by atoms with Gasteiger partial charge in [0, 0.05) is 31.1 Å². The number of benzene rings is 5. The predicted molar refractivity (Wildman–Crippen MR) is 180 cm³/mol. The van der Waals surface area contributed by atoms with Gasteiger partial charge in [-0.1, -0.05) is 96.0 Å². The van der Waals surface area contributed by atoms with Gasteiger partial charge in [0.1, 0.15) is 5.58 Å². The Morgan fingerprint density at radius 1 is 0.610 bits per heavy atom. The third-order valence-corrected chi connectivity index (χ3v) is 9.62. The first-order valence-electron chi connectivity index (χ1n) is 14.0. The van der Waals surface area contributed by atoms with Crippen LogP contribution in [-0.4, -0.2) is 0 Å². The van der Waals surface area contributed by atoms with Crippen molar-refractivity contribution in [2.75, 3.05) is 4.90 Å². The lowest BCUT2D eigenvalue weighted by molar-refractivity contribution is 0.403. The van der Waals surface area contributed by atoms with E-state index in [4.69, 9.17) is 4.42 Å². The van der Waals surface area contributed by atoms with Crippen LogP contribution in [0.5, 0.6) is 0 Å². The van der Waals surface area contributed by atoms with Gasteiger partial charge in [-0.25, -0.2) is 0 Å². The molecule has 1 heterocycles. The van der Waals surface area contributed by atoms with Crippen molar-refractivity contribution in [2.45, 2.75) is 44.9 Å². The first kappa shape index (κ1) is 26.6. The maximum atomic E-state index is 6.62. The largest absolute Gasteiger partial charge is 0.454 e. The minimum atomic E-state index is 0.130. The first-order valence-corrected chi connectivity index (χ1v) is 15.6. The van der Waals surface area contributed by atoms with Gasteiger partial charge >= 0.3 is 0 Å². The fraction of sp³-hybridized carbons (Fsp3) is 0.189. The lowest BCUT2D eigenvalue weighted by atomic mass is 9.82. The Morgan fingerprint density at radius 2 is 1.22 bits per heavy atom. The van der Waals surface area contributed by atoms with Crippen LogP contribution in [0.2, 0.25) is 0 Å². The molecular weight excluding hydrogens is 634 g/mol. The van der Waals surface area contributed by atoms with Crippen molar-refractivity contribution in [3.05, 3.63) is 123 Å². The van der Waals surface area contributed by atoms with Crippen LogP contribution >= 0.6 is 31.9 Å². The third-order valence-electron chi connectivity index (χ3n) is 8.56. The van der Waals surface area contributed by atoms with Crippen molar-refractivity contribution in [3.63, 3.8) is 0 Å². The average Bonchev–Trinajstić information content (AvgIpc) is 3.41. The molecule has 0 saturated carbocycles. The summed E-state index contributed by atoms with van der Waals surface area (Å²) in [6, 6.07) is 37.0. The molecule has 0 atom stereocenters. The number of hydrogen-bond acceptors (Lipinski definition) is 2. The molecule has 4 heteroatoms. The normalized spacial score (nSPS) is 15.4.